The van der Waals surface area contributed by atoms with Crippen LogP contribution in [-0.4, -0.2) is 15.3 Å². The molecule has 0 saturated carbocycles. The van der Waals surface area contributed by atoms with E-state index >= 15 is 0 Å². The summed E-state index contributed by atoms with van der Waals surface area (Å²) in [7, 11) is 0. The van der Waals surface area contributed by atoms with E-state index in [9.17, 15) is 4.79 Å². The smallest absolute Gasteiger partial charge is 0.209 e. The van der Waals surface area contributed by atoms with Gasteiger partial charge >= 0.3 is 0 Å². The quantitative estimate of drug-likeness (QED) is 0.374. The molecule has 6 rings (SSSR count). The molecule has 0 saturated heterocycles. The first-order chi connectivity index (χ1) is 16.2. The highest BCUT2D eigenvalue weighted by molar-refractivity contribution is 6.30. The number of benzene rings is 3. The molecule has 2 atom stereocenters. The lowest BCUT2D eigenvalue weighted by Crippen LogP contribution is -2.31. The van der Waals surface area contributed by atoms with Crippen LogP contribution >= 0.6 is 11.6 Å². The number of rotatable bonds is 3. The predicted octanol–water partition coefficient (Wildman–Crippen LogP) is 6.77. The van der Waals surface area contributed by atoms with Gasteiger partial charge in [-0.1, -0.05) is 78.4 Å². The van der Waals surface area contributed by atoms with Crippen LogP contribution in [0.25, 0.3) is 17.1 Å². The zero-order valence-electron chi connectivity index (χ0n) is 17.9. The van der Waals surface area contributed by atoms with Crippen molar-refractivity contribution in [3.63, 3.8) is 0 Å². The second-order valence-corrected chi connectivity index (χ2v) is 9.04. The third-order valence-electron chi connectivity index (χ3n) is 6.55. The molecular weight excluding hydrogens is 430 g/mol. The van der Waals surface area contributed by atoms with Crippen molar-refractivity contribution in [2.75, 3.05) is 5.32 Å². The first kappa shape index (κ1) is 20.0. The molecule has 5 heteroatoms. The van der Waals surface area contributed by atoms with Crippen molar-refractivity contribution >= 4 is 40.4 Å². The Morgan fingerprint density at radius 2 is 1.70 bits per heavy atom. The second kappa shape index (κ2) is 8.05. The normalized spacial score (nSPS) is 20.1. The Morgan fingerprint density at radius 1 is 0.939 bits per heavy atom. The highest BCUT2D eigenvalue weighted by atomic mass is 35.5. The molecule has 33 heavy (non-hydrogen) atoms. The van der Waals surface area contributed by atoms with Crippen molar-refractivity contribution < 1.29 is 4.79 Å². The number of Topliss-reactive ketones (excluding diaryl/α,β-unsaturated/α-hetero) is 1. The molecule has 2 heterocycles. The second-order valence-electron chi connectivity index (χ2n) is 8.61. The van der Waals surface area contributed by atoms with Gasteiger partial charge in [0.2, 0.25) is 5.95 Å². The van der Waals surface area contributed by atoms with Gasteiger partial charge in [-0.05, 0) is 47.7 Å². The molecule has 4 nitrogen and oxygen atoms in total. The van der Waals surface area contributed by atoms with Crippen LogP contribution in [-0.2, 0) is 4.79 Å². The van der Waals surface area contributed by atoms with Crippen LogP contribution in [0.2, 0.25) is 5.02 Å². The van der Waals surface area contributed by atoms with Crippen molar-refractivity contribution in [3.8, 4) is 0 Å². The van der Waals surface area contributed by atoms with Gasteiger partial charge in [0.05, 0.1) is 17.1 Å². The molecule has 3 aromatic carbocycles. The minimum Gasteiger partial charge on any atom is -0.329 e. The monoisotopic (exact) mass is 451 g/mol. The van der Waals surface area contributed by atoms with Gasteiger partial charge in [-0.15, -0.1) is 0 Å². The lowest BCUT2D eigenvalue weighted by Gasteiger charge is -2.35. The number of nitrogens with one attached hydrogen (secondary N) is 1. The lowest BCUT2D eigenvalue weighted by molar-refractivity contribution is -0.116. The van der Waals surface area contributed by atoms with E-state index in [-0.39, 0.29) is 17.7 Å². The zero-order chi connectivity index (χ0) is 22.4. The summed E-state index contributed by atoms with van der Waals surface area (Å²) in [6.45, 7) is 0. The van der Waals surface area contributed by atoms with Crippen LogP contribution in [0.5, 0.6) is 0 Å². The summed E-state index contributed by atoms with van der Waals surface area (Å²) in [5, 5.41) is 4.21. The number of halogens is 1. The minimum atomic E-state index is -0.206. The summed E-state index contributed by atoms with van der Waals surface area (Å²) in [6, 6.07) is 25.9. The zero-order valence-corrected chi connectivity index (χ0v) is 18.7. The summed E-state index contributed by atoms with van der Waals surface area (Å²) in [5.41, 5.74) is 5.98. The van der Waals surface area contributed by atoms with Crippen molar-refractivity contribution in [1.82, 2.24) is 9.55 Å². The molecule has 2 unspecified atom stereocenters. The van der Waals surface area contributed by atoms with Crippen LogP contribution in [0.15, 0.2) is 96.2 Å². The maximum Gasteiger partial charge on any atom is 0.209 e. The van der Waals surface area contributed by atoms with Crippen molar-refractivity contribution in [2.45, 2.75) is 24.8 Å². The molecule has 0 spiro atoms. The molecular formula is C28H22ClN3O. The molecule has 0 bridgehead atoms. The standard InChI is InChI=1S/C28H22ClN3O/c29-21-13-11-19(12-14-21)20-16-23-27(26(33)17-20)25(15-10-18-6-2-1-3-7-18)32-24-9-5-4-8-22(24)30-28(32)31-23/h1-15,20,25H,16-17H2,(H,30,31). The predicted molar refractivity (Wildman–Crippen MR) is 133 cm³/mol. The Hall–Kier alpha value is -3.63. The molecule has 0 radical (unpaired) electrons. The van der Waals surface area contributed by atoms with E-state index in [0.29, 0.717) is 11.4 Å². The van der Waals surface area contributed by atoms with Crippen LogP contribution in [0.1, 0.15) is 35.9 Å². The summed E-state index contributed by atoms with van der Waals surface area (Å²) in [4.78, 5) is 18.4. The van der Waals surface area contributed by atoms with E-state index in [0.717, 1.165) is 45.8 Å². The summed E-state index contributed by atoms with van der Waals surface area (Å²) >= 11 is 6.08. The van der Waals surface area contributed by atoms with E-state index in [1.54, 1.807) is 0 Å². The number of fused-ring (bicyclic) bond motifs is 3. The van der Waals surface area contributed by atoms with Crippen LogP contribution < -0.4 is 5.32 Å². The molecule has 0 amide bonds. The van der Waals surface area contributed by atoms with Gasteiger partial charge in [-0.2, -0.15) is 0 Å². The highest BCUT2D eigenvalue weighted by Gasteiger charge is 2.37. The molecule has 162 valence electrons. The lowest BCUT2D eigenvalue weighted by atomic mass is 9.79. The summed E-state index contributed by atoms with van der Waals surface area (Å²) < 4.78 is 2.15. The van der Waals surface area contributed by atoms with Crippen molar-refractivity contribution in [1.29, 1.82) is 0 Å². The number of carbonyl (C=O) groups excluding carboxylic acids is 1. The fourth-order valence-electron chi connectivity index (χ4n) is 4.99. The van der Waals surface area contributed by atoms with Gasteiger partial charge < -0.3 is 5.32 Å². The van der Waals surface area contributed by atoms with Gasteiger partial charge in [0.1, 0.15) is 0 Å². The van der Waals surface area contributed by atoms with Crippen LogP contribution in [0.4, 0.5) is 5.95 Å². The number of para-hydroxylation sites is 2. The van der Waals surface area contributed by atoms with E-state index in [1.807, 2.05) is 60.7 Å². The van der Waals surface area contributed by atoms with Crippen LogP contribution in [0, 0.1) is 0 Å². The highest BCUT2D eigenvalue weighted by Crippen LogP contribution is 2.44. The number of carbonyl (C=O) groups is 1. The van der Waals surface area contributed by atoms with E-state index in [1.165, 1.54) is 0 Å². The molecule has 1 aliphatic heterocycles. The summed E-state index contributed by atoms with van der Waals surface area (Å²) in [5.74, 6) is 1.08. The largest absolute Gasteiger partial charge is 0.329 e. The summed E-state index contributed by atoms with van der Waals surface area (Å²) in [6.07, 6.45) is 5.47. The Morgan fingerprint density at radius 3 is 2.52 bits per heavy atom. The van der Waals surface area contributed by atoms with Crippen molar-refractivity contribution in [2.24, 2.45) is 0 Å². The number of ketones is 1. The molecule has 4 aromatic rings. The van der Waals surface area contributed by atoms with Gasteiger partial charge in [-0.25, -0.2) is 4.98 Å². The average Bonchev–Trinajstić information content (AvgIpc) is 3.21. The Balaban J connectivity index is 1.46. The van der Waals surface area contributed by atoms with E-state index in [2.05, 4.69) is 40.2 Å². The molecule has 1 aliphatic carbocycles. The number of hydrogen-bond donors (Lipinski definition) is 1. The minimum absolute atomic E-state index is 0.121. The third-order valence-corrected chi connectivity index (χ3v) is 6.80. The average molecular weight is 452 g/mol. The molecule has 0 fully saturated rings. The number of aromatic nitrogens is 2. The third kappa shape index (κ3) is 3.57. The van der Waals surface area contributed by atoms with Gasteiger partial charge in [0.25, 0.3) is 0 Å². The van der Waals surface area contributed by atoms with Crippen LogP contribution in [0.3, 0.4) is 0 Å². The fraction of sp³-hybridized carbons (Fsp3) is 0.143. The fourth-order valence-corrected chi connectivity index (χ4v) is 5.12. The topological polar surface area (TPSA) is 46.9 Å². The number of imidazole rings is 1. The van der Waals surface area contributed by atoms with Gasteiger partial charge in [-0.3, -0.25) is 9.36 Å². The maximum atomic E-state index is 13.6. The Bertz CT molecular complexity index is 1420. The van der Waals surface area contributed by atoms with Gasteiger partial charge in [0, 0.05) is 22.7 Å². The first-order valence-corrected chi connectivity index (χ1v) is 11.5. The molecule has 1 aromatic heterocycles. The Labute approximate surface area is 197 Å². The first-order valence-electron chi connectivity index (χ1n) is 11.2. The number of anilines is 1. The number of hydrogen-bond acceptors (Lipinski definition) is 3. The van der Waals surface area contributed by atoms with E-state index < -0.39 is 0 Å². The molecule has 2 aliphatic rings. The molecule has 1 N–H and O–H groups in total. The Kier molecular flexibility index (Phi) is 4.88. The maximum absolute atomic E-state index is 13.6. The van der Waals surface area contributed by atoms with Crippen molar-refractivity contribution in [3.05, 3.63) is 112 Å². The van der Waals surface area contributed by atoms with Gasteiger partial charge in [0.15, 0.2) is 5.78 Å². The van der Waals surface area contributed by atoms with E-state index in [4.69, 9.17) is 16.6 Å². The number of nitrogens with zero attached hydrogens (tertiary/aromatic N) is 2. The SMILES string of the molecule is O=C1CC(c2ccc(Cl)cc2)CC2=C1C(C=Cc1ccccc1)n1c(nc3ccccc31)N2. The number of allylic oxidation sites excluding steroid dienone is 3.